The standard InChI is InChI=1S/C24H30FN7O2/c1-17-27-16-21(32(17)19-7-13-34-14-8-19)24(25)9-10-26-23(30-24)29-18-5-6-20(28-15-18)22(33)31-11-3-2-4-12-31/h5-6,9-10,15-16,19H,2-4,7-8,11-14H2,1H3,(H2,26,29,30)/t24-/m1/s1. The van der Waals surface area contributed by atoms with Gasteiger partial charge in [0.25, 0.3) is 11.7 Å². The van der Waals surface area contributed by atoms with E-state index in [1.165, 1.54) is 12.3 Å². The zero-order chi connectivity index (χ0) is 23.5. The van der Waals surface area contributed by atoms with Gasteiger partial charge in [-0.3, -0.25) is 4.79 Å². The molecule has 1 atom stereocenters. The minimum atomic E-state index is -2.06. The molecule has 2 saturated heterocycles. The summed E-state index contributed by atoms with van der Waals surface area (Å²) in [5.41, 5.74) is 1.41. The fourth-order valence-electron chi connectivity index (χ4n) is 4.78. The molecule has 180 valence electrons. The third kappa shape index (κ3) is 4.54. The molecular weight excluding hydrogens is 437 g/mol. The number of nitrogens with one attached hydrogen (secondary N) is 2. The van der Waals surface area contributed by atoms with E-state index in [0.717, 1.165) is 51.0 Å². The number of alkyl halides is 1. The van der Waals surface area contributed by atoms with Gasteiger partial charge in [-0.05, 0) is 57.2 Å². The highest BCUT2D eigenvalue weighted by Gasteiger charge is 2.37. The van der Waals surface area contributed by atoms with Gasteiger partial charge >= 0.3 is 0 Å². The molecule has 1 amide bonds. The summed E-state index contributed by atoms with van der Waals surface area (Å²) in [6, 6.07) is 3.57. The Hall–Kier alpha value is -3.27. The smallest absolute Gasteiger partial charge is 0.272 e. The maximum atomic E-state index is 16.2. The Balaban J connectivity index is 1.32. The SMILES string of the molecule is Cc1ncc([C@@]2(F)C=CNC(Nc3ccc(C(=O)N4CCCCC4)nc3)=N2)n1C1CCOCC1. The molecule has 5 rings (SSSR count). The molecule has 2 N–H and O–H groups in total. The maximum Gasteiger partial charge on any atom is 0.272 e. The van der Waals surface area contributed by atoms with E-state index in [2.05, 4.69) is 25.6 Å². The lowest BCUT2D eigenvalue weighted by Crippen LogP contribution is -2.36. The van der Waals surface area contributed by atoms with Gasteiger partial charge < -0.3 is 24.8 Å². The van der Waals surface area contributed by atoms with Crippen molar-refractivity contribution >= 4 is 17.6 Å². The van der Waals surface area contributed by atoms with Crippen molar-refractivity contribution in [1.29, 1.82) is 0 Å². The first-order valence-electron chi connectivity index (χ1n) is 11.9. The molecule has 2 aromatic rings. The van der Waals surface area contributed by atoms with Crippen molar-refractivity contribution in [2.75, 3.05) is 31.6 Å². The monoisotopic (exact) mass is 467 g/mol. The average molecular weight is 468 g/mol. The number of halogens is 1. The largest absolute Gasteiger partial charge is 0.381 e. The van der Waals surface area contributed by atoms with Gasteiger partial charge in [-0.1, -0.05) is 0 Å². The van der Waals surface area contributed by atoms with Crippen LogP contribution in [0.15, 0.2) is 41.8 Å². The molecule has 0 bridgehead atoms. The second-order valence-corrected chi connectivity index (χ2v) is 8.93. The number of hydrogen-bond acceptors (Lipinski definition) is 7. The number of aryl methyl sites for hydroxylation is 1. The number of aliphatic imine (C=N–C) groups is 1. The first-order valence-corrected chi connectivity index (χ1v) is 11.9. The highest BCUT2D eigenvalue weighted by molar-refractivity contribution is 5.96. The van der Waals surface area contributed by atoms with Gasteiger partial charge in [-0.25, -0.2) is 19.4 Å². The third-order valence-electron chi connectivity index (χ3n) is 6.58. The average Bonchev–Trinajstić information content (AvgIpc) is 3.27. The number of anilines is 1. The van der Waals surface area contributed by atoms with Crippen LogP contribution in [0.4, 0.5) is 10.1 Å². The fraction of sp³-hybridized carbons (Fsp3) is 0.500. The van der Waals surface area contributed by atoms with Crippen LogP contribution in [0.5, 0.6) is 0 Å². The minimum absolute atomic E-state index is 0.0539. The summed E-state index contributed by atoms with van der Waals surface area (Å²) in [5.74, 6) is -1.11. The number of carbonyl (C=O) groups excluding carboxylic acids is 1. The van der Waals surface area contributed by atoms with E-state index in [1.807, 2.05) is 16.4 Å². The molecule has 2 aromatic heterocycles. The molecule has 10 heteroatoms. The molecule has 9 nitrogen and oxygen atoms in total. The topological polar surface area (TPSA) is 96.7 Å². The number of pyridine rings is 1. The fourth-order valence-corrected chi connectivity index (χ4v) is 4.78. The Kier molecular flexibility index (Phi) is 6.32. The van der Waals surface area contributed by atoms with E-state index in [4.69, 9.17) is 4.74 Å². The molecule has 0 aromatic carbocycles. The number of ether oxygens (including phenoxy) is 1. The normalized spacial score (nSPS) is 23.4. The number of hydrogen-bond donors (Lipinski definition) is 2. The van der Waals surface area contributed by atoms with Crippen molar-refractivity contribution in [3.8, 4) is 0 Å². The summed E-state index contributed by atoms with van der Waals surface area (Å²) < 4.78 is 23.6. The summed E-state index contributed by atoms with van der Waals surface area (Å²) in [4.78, 5) is 27.5. The number of piperidine rings is 1. The number of nitrogens with zero attached hydrogens (tertiary/aromatic N) is 5. The van der Waals surface area contributed by atoms with Crippen molar-refractivity contribution in [2.24, 2.45) is 4.99 Å². The van der Waals surface area contributed by atoms with Gasteiger partial charge in [0.1, 0.15) is 17.2 Å². The highest BCUT2D eigenvalue weighted by atomic mass is 19.1. The van der Waals surface area contributed by atoms with Crippen molar-refractivity contribution in [1.82, 2.24) is 24.8 Å². The third-order valence-corrected chi connectivity index (χ3v) is 6.58. The first-order chi connectivity index (χ1) is 16.5. The number of imidazole rings is 1. The predicted octanol–water partition coefficient (Wildman–Crippen LogP) is 3.27. The van der Waals surface area contributed by atoms with Gasteiger partial charge in [-0.2, -0.15) is 0 Å². The van der Waals surface area contributed by atoms with E-state index < -0.39 is 5.79 Å². The van der Waals surface area contributed by atoms with Gasteiger partial charge in [0, 0.05) is 38.5 Å². The van der Waals surface area contributed by atoms with E-state index in [1.54, 1.807) is 24.5 Å². The summed E-state index contributed by atoms with van der Waals surface area (Å²) >= 11 is 0. The summed E-state index contributed by atoms with van der Waals surface area (Å²) in [5, 5.41) is 6.02. The van der Waals surface area contributed by atoms with Crippen LogP contribution in [0.3, 0.4) is 0 Å². The van der Waals surface area contributed by atoms with E-state index >= 15 is 4.39 Å². The Morgan fingerprint density at radius 1 is 1.18 bits per heavy atom. The molecule has 2 fully saturated rings. The zero-order valence-electron chi connectivity index (χ0n) is 19.3. The number of likely N-dealkylation sites (tertiary alicyclic amines) is 1. The molecule has 0 saturated carbocycles. The molecule has 0 aliphatic carbocycles. The molecule has 3 aliphatic rings. The quantitative estimate of drug-likeness (QED) is 0.670. The molecule has 0 unspecified atom stereocenters. The lowest BCUT2D eigenvalue weighted by molar-refractivity contribution is 0.0657. The summed E-state index contributed by atoms with van der Waals surface area (Å²) in [7, 11) is 0. The van der Waals surface area contributed by atoms with Gasteiger partial charge in [0.2, 0.25) is 5.96 Å². The summed E-state index contributed by atoms with van der Waals surface area (Å²) in [6.45, 7) is 4.73. The van der Waals surface area contributed by atoms with Gasteiger partial charge in [0.05, 0.1) is 18.1 Å². The molecular formula is C24H30FN7O2. The van der Waals surface area contributed by atoms with E-state index in [9.17, 15) is 4.79 Å². The predicted molar refractivity (Wildman–Crippen MR) is 126 cm³/mol. The second kappa shape index (κ2) is 9.54. The molecule has 0 radical (unpaired) electrons. The van der Waals surface area contributed by atoms with E-state index in [-0.39, 0.29) is 17.9 Å². The number of aromatic nitrogens is 3. The Morgan fingerprint density at radius 2 is 1.97 bits per heavy atom. The van der Waals surface area contributed by atoms with Crippen molar-refractivity contribution in [3.05, 3.63) is 54.0 Å². The molecule has 3 aliphatic heterocycles. The lowest BCUT2D eigenvalue weighted by atomic mass is 10.1. The van der Waals surface area contributed by atoms with Crippen LogP contribution in [-0.4, -0.2) is 57.6 Å². The van der Waals surface area contributed by atoms with Gasteiger partial charge in [-0.15, -0.1) is 0 Å². The Labute approximate surface area is 198 Å². The Morgan fingerprint density at radius 3 is 2.71 bits per heavy atom. The van der Waals surface area contributed by atoms with Crippen LogP contribution in [0.1, 0.15) is 60.2 Å². The Bertz CT molecular complexity index is 1090. The number of carbonyl (C=O) groups is 1. The van der Waals surface area contributed by atoms with Crippen molar-refractivity contribution in [2.45, 2.75) is 50.9 Å². The van der Waals surface area contributed by atoms with Crippen LogP contribution in [0, 0.1) is 6.92 Å². The minimum Gasteiger partial charge on any atom is -0.381 e. The van der Waals surface area contributed by atoms with Crippen LogP contribution < -0.4 is 10.6 Å². The lowest BCUT2D eigenvalue weighted by Gasteiger charge is -2.30. The molecule has 0 spiro atoms. The van der Waals surface area contributed by atoms with E-state index in [0.29, 0.717) is 30.3 Å². The van der Waals surface area contributed by atoms with Gasteiger partial charge in [0.15, 0.2) is 0 Å². The summed E-state index contributed by atoms with van der Waals surface area (Å²) in [6.07, 6.45) is 10.9. The van der Waals surface area contributed by atoms with Crippen LogP contribution in [0.2, 0.25) is 0 Å². The second-order valence-electron chi connectivity index (χ2n) is 8.93. The van der Waals surface area contributed by atoms with Crippen molar-refractivity contribution in [3.63, 3.8) is 0 Å². The number of rotatable bonds is 4. The van der Waals surface area contributed by atoms with Crippen LogP contribution in [0.25, 0.3) is 0 Å². The zero-order valence-corrected chi connectivity index (χ0v) is 19.3. The van der Waals surface area contributed by atoms with Crippen LogP contribution in [-0.2, 0) is 10.5 Å². The van der Waals surface area contributed by atoms with Crippen LogP contribution >= 0.6 is 0 Å². The molecule has 5 heterocycles. The number of guanidine groups is 1. The highest BCUT2D eigenvalue weighted by Crippen LogP contribution is 2.35. The van der Waals surface area contributed by atoms with Crippen molar-refractivity contribution < 1.29 is 13.9 Å². The number of amides is 1. The molecule has 34 heavy (non-hydrogen) atoms. The maximum absolute atomic E-state index is 16.2. The first kappa shape index (κ1) is 22.5.